The molecule has 1 unspecified atom stereocenters. The number of ether oxygens (including phenoxy) is 2. The summed E-state index contributed by atoms with van der Waals surface area (Å²) in [6, 6.07) is 13.0. The van der Waals surface area contributed by atoms with Gasteiger partial charge in [0.05, 0.1) is 5.41 Å². The van der Waals surface area contributed by atoms with E-state index in [4.69, 9.17) is 19.4 Å². The largest absolute Gasteiger partial charge is 0.462 e. The van der Waals surface area contributed by atoms with Gasteiger partial charge in [0.2, 0.25) is 0 Å². The summed E-state index contributed by atoms with van der Waals surface area (Å²) in [5, 5.41) is 5.61. The number of nitrogens with zero attached hydrogens (tertiary/aromatic N) is 5. The van der Waals surface area contributed by atoms with E-state index in [1.807, 2.05) is 45.0 Å². The Kier molecular flexibility index (Phi) is 7.81. The average molecular weight is 571 g/mol. The van der Waals surface area contributed by atoms with Gasteiger partial charge >= 0.3 is 12.0 Å². The highest BCUT2D eigenvalue weighted by atomic mass is 16.5. The number of rotatable bonds is 7. The van der Waals surface area contributed by atoms with Gasteiger partial charge in [0.15, 0.2) is 5.82 Å². The van der Waals surface area contributed by atoms with Crippen LogP contribution in [0.15, 0.2) is 42.6 Å². The maximum Gasteiger partial charge on any atom is 0.319 e. The number of hydrogen-bond acceptors (Lipinski definition) is 8. The molecule has 1 N–H and O–H groups in total. The number of hydrogen-bond donors (Lipinski definition) is 1. The monoisotopic (exact) mass is 570 g/mol. The van der Waals surface area contributed by atoms with Crippen LogP contribution in [0.1, 0.15) is 44.7 Å². The molecule has 6 rings (SSSR count). The maximum absolute atomic E-state index is 12.8. The molecule has 0 spiro atoms. The van der Waals surface area contributed by atoms with Gasteiger partial charge in [-0.2, -0.15) is 9.97 Å². The van der Waals surface area contributed by atoms with Crippen molar-refractivity contribution in [2.75, 3.05) is 51.3 Å². The molecule has 9 nitrogen and oxygen atoms in total. The molecule has 2 aliphatic rings. The van der Waals surface area contributed by atoms with Crippen molar-refractivity contribution in [1.82, 2.24) is 24.8 Å². The van der Waals surface area contributed by atoms with Gasteiger partial charge in [0.1, 0.15) is 23.4 Å². The van der Waals surface area contributed by atoms with E-state index in [2.05, 4.69) is 52.1 Å². The van der Waals surface area contributed by atoms with E-state index >= 15 is 0 Å². The Hall–Kier alpha value is -3.69. The first kappa shape index (κ1) is 28.4. The molecular weight excluding hydrogens is 528 g/mol. The number of nitrogens with one attached hydrogen (secondary N) is 1. The number of aryl methyl sites for hydroxylation is 1. The lowest BCUT2D eigenvalue weighted by molar-refractivity contribution is -0.142. The van der Waals surface area contributed by atoms with Crippen LogP contribution >= 0.6 is 0 Å². The number of carbonyl (C=O) groups excluding carboxylic acids is 1. The lowest BCUT2D eigenvalue weighted by Crippen LogP contribution is -2.44. The molecule has 2 aliphatic heterocycles. The predicted molar refractivity (Wildman–Crippen MR) is 167 cm³/mol. The lowest BCUT2D eigenvalue weighted by atomic mass is 9.97. The predicted octanol–water partition coefficient (Wildman–Crippen LogP) is 4.55. The summed E-state index contributed by atoms with van der Waals surface area (Å²) >= 11 is 0. The van der Waals surface area contributed by atoms with Crippen molar-refractivity contribution >= 4 is 33.6 Å². The fraction of sp³-hybridized carbons (Fsp3) is 0.485. The number of fused-ring (bicyclic) bond motifs is 2. The van der Waals surface area contributed by atoms with Crippen molar-refractivity contribution in [1.29, 1.82) is 0 Å². The molecule has 42 heavy (non-hydrogen) atoms. The molecule has 2 aromatic carbocycles. The summed E-state index contributed by atoms with van der Waals surface area (Å²) in [6.07, 6.45) is 5.10. The quantitative estimate of drug-likeness (QED) is 0.256. The minimum absolute atomic E-state index is 0.253. The van der Waals surface area contributed by atoms with E-state index < -0.39 is 5.41 Å². The Morgan fingerprint density at radius 1 is 1.05 bits per heavy atom. The van der Waals surface area contributed by atoms with Gasteiger partial charge in [-0.25, -0.2) is 0 Å². The van der Waals surface area contributed by atoms with Crippen LogP contribution in [0.25, 0.3) is 21.8 Å². The number of esters is 1. The van der Waals surface area contributed by atoms with E-state index in [1.54, 1.807) is 0 Å². The van der Waals surface area contributed by atoms with Crippen LogP contribution in [0.2, 0.25) is 0 Å². The highest BCUT2D eigenvalue weighted by molar-refractivity contribution is 5.92. The third-order valence-electron chi connectivity index (χ3n) is 8.47. The Balaban J connectivity index is 1.41. The van der Waals surface area contributed by atoms with Crippen molar-refractivity contribution in [2.45, 2.75) is 46.1 Å². The number of benzene rings is 2. The second-order valence-electron chi connectivity index (χ2n) is 12.7. The number of likely N-dealkylation sites (N-methyl/N-ethyl adjacent to an activating group) is 1. The highest BCUT2D eigenvalue weighted by Crippen LogP contribution is 2.34. The van der Waals surface area contributed by atoms with Crippen LogP contribution in [0, 0.1) is 5.41 Å². The first-order valence-electron chi connectivity index (χ1n) is 15.1. The second-order valence-corrected chi connectivity index (χ2v) is 12.7. The van der Waals surface area contributed by atoms with E-state index in [9.17, 15) is 4.79 Å². The van der Waals surface area contributed by atoms with Gasteiger partial charge in [0.25, 0.3) is 0 Å². The zero-order chi connectivity index (χ0) is 29.4. The van der Waals surface area contributed by atoms with Gasteiger partial charge in [-0.3, -0.25) is 4.79 Å². The lowest BCUT2D eigenvalue weighted by Gasteiger charge is -2.29. The number of likely N-dealkylation sites (tertiary alicyclic amines) is 1. The van der Waals surface area contributed by atoms with Gasteiger partial charge in [-0.15, -0.1) is 0 Å². The molecule has 0 amide bonds. The van der Waals surface area contributed by atoms with Crippen molar-refractivity contribution < 1.29 is 14.3 Å². The van der Waals surface area contributed by atoms with Crippen LogP contribution < -0.4 is 19.7 Å². The van der Waals surface area contributed by atoms with Crippen molar-refractivity contribution in [3.05, 3.63) is 53.7 Å². The first-order valence-corrected chi connectivity index (χ1v) is 15.1. The fourth-order valence-electron chi connectivity index (χ4n) is 6.01. The van der Waals surface area contributed by atoms with Crippen molar-refractivity contribution in [3.63, 3.8) is 0 Å². The van der Waals surface area contributed by atoms with Crippen LogP contribution in [-0.2, 0) is 18.3 Å². The van der Waals surface area contributed by atoms with E-state index in [1.165, 1.54) is 6.42 Å². The topological polar surface area (TPSA) is 84.8 Å². The molecular formula is C33H42N6O3. The number of anilines is 1. The average Bonchev–Trinajstić information content (AvgIpc) is 3.53. The van der Waals surface area contributed by atoms with Gasteiger partial charge in [-0.1, -0.05) is 24.3 Å². The van der Waals surface area contributed by atoms with Crippen LogP contribution in [0.5, 0.6) is 11.8 Å². The normalized spacial score (nSPS) is 18.2. The van der Waals surface area contributed by atoms with Crippen LogP contribution in [-0.4, -0.2) is 77.8 Å². The van der Waals surface area contributed by atoms with Crippen LogP contribution in [0.4, 0.5) is 5.82 Å². The summed E-state index contributed by atoms with van der Waals surface area (Å²) < 4.78 is 14.3. The zero-order valence-electron chi connectivity index (χ0n) is 25.4. The van der Waals surface area contributed by atoms with Gasteiger partial charge < -0.3 is 29.2 Å². The fourth-order valence-corrected chi connectivity index (χ4v) is 6.01. The van der Waals surface area contributed by atoms with E-state index in [0.717, 1.165) is 77.9 Å². The third-order valence-corrected chi connectivity index (χ3v) is 8.47. The summed E-state index contributed by atoms with van der Waals surface area (Å²) in [5.74, 6) is 1.23. The molecule has 0 radical (unpaired) electrons. The van der Waals surface area contributed by atoms with Crippen molar-refractivity contribution in [3.8, 4) is 11.8 Å². The Bertz CT molecular complexity index is 1600. The summed E-state index contributed by atoms with van der Waals surface area (Å²) in [7, 11) is 4.22. The molecule has 4 heterocycles. The number of piperazine rings is 1. The molecule has 2 saturated heterocycles. The highest BCUT2D eigenvalue weighted by Gasteiger charge is 2.26. The minimum Gasteiger partial charge on any atom is -0.462 e. The third kappa shape index (κ3) is 5.80. The summed E-state index contributed by atoms with van der Waals surface area (Å²) in [6.45, 7) is 10.9. The van der Waals surface area contributed by atoms with E-state index in [0.29, 0.717) is 30.8 Å². The Morgan fingerprint density at radius 2 is 1.83 bits per heavy atom. The minimum atomic E-state index is -0.595. The Morgan fingerprint density at radius 3 is 2.57 bits per heavy atom. The molecule has 4 aromatic rings. The smallest absolute Gasteiger partial charge is 0.319 e. The molecule has 2 fully saturated rings. The van der Waals surface area contributed by atoms with Crippen molar-refractivity contribution in [2.24, 2.45) is 12.5 Å². The van der Waals surface area contributed by atoms with Gasteiger partial charge in [0, 0.05) is 57.4 Å². The second kappa shape index (κ2) is 11.5. The molecule has 222 valence electrons. The summed E-state index contributed by atoms with van der Waals surface area (Å²) in [5.41, 5.74) is 3.48. The molecule has 1 atom stereocenters. The standard InChI is InChI=1S/C33H42N6O3/c1-33(2,3)31(40)42-26-18-22-9-6-7-11-27(22)23(19-26)17-24-20-38(5)29-28(24)35-32(41-21-25-10-8-14-37(25)4)36-30(29)39-15-12-34-13-16-39/h6-7,9,11,18-20,25,34H,8,10,12-17,21H2,1-5H3. The molecule has 0 bridgehead atoms. The number of carbonyl (C=O) groups is 1. The van der Waals surface area contributed by atoms with E-state index in [-0.39, 0.29) is 5.97 Å². The number of aromatic nitrogens is 3. The maximum atomic E-state index is 12.8. The molecule has 9 heteroatoms. The molecule has 0 aliphatic carbocycles. The molecule has 2 aromatic heterocycles. The molecule has 0 saturated carbocycles. The SMILES string of the molecule is CN1CCCC1COc1nc(N2CCNCC2)c2c(n1)c(Cc1cc(OC(=O)C(C)(C)C)cc3ccccc13)cn2C. The van der Waals surface area contributed by atoms with Crippen LogP contribution in [0.3, 0.4) is 0 Å². The van der Waals surface area contributed by atoms with Gasteiger partial charge in [-0.05, 0) is 75.7 Å². The Labute approximate surface area is 247 Å². The first-order chi connectivity index (χ1) is 20.2. The summed E-state index contributed by atoms with van der Waals surface area (Å²) in [4.78, 5) is 27.4. The zero-order valence-corrected chi connectivity index (χ0v) is 25.4.